The van der Waals surface area contributed by atoms with Gasteiger partial charge in [-0.05, 0) is 5.56 Å². The highest BCUT2D eigenvalue weighted by Gasteiger charge is 2.44. The number of hydrogen-bond donors (Lipinski definition) is 1. The molecule has 3 nitrogen and oxygen atoms in total. The van der Waals surface area contributed by atoms with E-state index in [1.165, 1.54) is 12.1 Å². The molecule has 0 bridgehead atoms. The lowest BCUT2D eigenvalue weighted by atomic mass is 10.0. The van der Waals surface area contributed by atoms with Crippen molar-refractivity contribution in [3.63, 3.8) is 0 Å². The second-order valence-corrected chi connectivity index (χ2v) is 3.17. The smallest absolute Gasteiger partial charge is 0.314 e. The number of carboxylic acid groups (broad SMARTS) is 1. The molecule has 1 aliphatic rings. The van der Waals surface area contributed by atoms with Crippen LogP contribution >= 0.6 is 0 Å². The molecule has 0 saturated carbocycles. The molecule has 0 saturated heterocycles. The van der Waals surface area contributed by atoms with Crippen LogP contribution in [0.1, 0.15) is 21.8 Å². The van der Waals surface area contributed by atoms with Gasteiger partial charge in [0.25, 0.3) is 0 Å². The molecule has 1 aromatic rings. The monoisotopic (exact) mass is 194 g/mol. The molecule has 1 aliphatic carbocycles. The van der Waals surface area contributed by atoms with Crippen molar-refractivity contribution in [2.75, 3.05) is 0 Å². The number of benzene rings is 1. The van der Waals surface area contributed by atoms with Crippen molar-refractivity contribution in [1.82, 2.24) is 0 Å². The van der Waals surface area contributed by atoms with Crippen LogP contribution in [-0.2, 0) is 4.79 Å². The van der Waals surface area contributed by atoms with Crippen LogP contribution < -0.4 is 0 Å². The number of ketones is 1. The first kappa shape index (κ1) is 8.87. The Balaban J connectivity index is 2.59. The highest BCUT2D eigenvalue weighted by Crippen LogP contribution is 2.35. The molecule has 1 aromatic carbocycles. The molecule has 0 aliphatic heterocycles. The maximum atomic E-state index is 13.3. The van der Waals surface area contributed by atoms with Crippen molar-refractivity contribution >= 4 is 11.8 Å². The molecular weight excluding hydrogens is 187 g/mol. The summed E-state index contributed by atoms with van der Waals surface area (Å²) in [6.45, 7) is 0. The maximum Gasteiger partial charge on any atom is 0.314 e. The Morgan fingerprint density at radius 2 is 2.00 bits per heavy atom. The number of alkyl halides is 1. The van der Waals surface area contributed by atoms with Gasteiger partial charge in [-0.2, -0.15) is 0 Å². The molecule has 0 spiro atoms. The van der Waals surface area contributed by atoms with E-state index in [1.807, 2.05) is 0 Å². The van der Waals surface area contributed by atoms with Crippen LogP contribution in [0.3, 0.4) is 0 Å². The van der Waals surface area contributed by atoms with Crippen LogP contribution in [0.15, 0.2) is 24.3 Å². The van der Waals surface area contributed by atoms with Crippen LogP contribution in [0.5, 0.6) is 0 Å². The van der Waals surface area contributed by atoms with E-state index < -0.39 is 23.8 Å². The lowest BCUT2D eigenvalue weighted by molar-refractivity contribution is -0.139. The normalized spacial score (nSPS) is 24.8. The fraction of sp³-hybridized carbons (Fsp3) is 0.200. The first-order valence-corrected chi connectivity index (χ1v) is 4.13. The molecule has 4 heteroatoms. The molecule has 0 heterocycles. The zero-order chi connectivity index (χ0) is 10.3. The summed E-state index contributed by atoms with van der Waals surface area (Å²) in [5.74, 6) is -3.36. The number of Topliss-reactive ketones (excluding diaryl/α,β-unsaturated/α-hetero) is 1. The Bertz CT molecular complexity index is 414. The first-order valence-electron chi connectivity index (χ1n) is 4.13. The van der Waals surface area contributed by atoms with Crippen LogP contribution in [0, 0.1) is 0 Å². The lowest BCUT2D eigenvalue weighted by Crippen LogP contribution is -2.21. The van der Waals surface area contributed by atoms with Gasteiger partial charge in [0.15, 0.2) is 12.0 Å². The number of fused-ring (bicyclic) bond motifs is 1. The van der Waals surface area contributed by atoms with E-state index >= 15 is 0 Å². The topological polar surface area (TPSA) is 54.4 Å². The van der Waals surface area contributed by atoms with Crippen molar-refractivity contribution in [2.45, 2.75) is 12.1 Å². The number of halogens is 1. The van der Waals surface area contributed by atoms with Crippen LogP contribution in [0.2, 0.25) is 0 Å². The molecule has 0 amide bonds. The lowest BCUT2D eigenvalue weighted by Gasteiger charge is -2.05. The van der Waals surface area contributed by atoms with Crippen molar-refractivity contribution in [3.05, 3.63) is 35.4 Å². The number of carboxylic acids is 1. The average molecular weight is 194 g/mol. The van der Waals surface area contributed by atoms with Gasteiger partial charge in [-0.15, -0.1) is 0 Å². The van der Waals surface area contributed by atoms with E-state index in [9.17, 15) is 14.0 Å². The quantitative estimate of drug-likeness (QED) is 0.734. The summed E-state index contributed by atoms with van der Waals surface area (Å²) in [6, 6.07) is 6.12. The van der Waals surface area contributed by atoms with Crippen LogP contribution in [0.4, 0.5) is 4.39 Å². The summed E-state index contributed by atoms with van der Waals surface area (Å²) in [6.07, 6.45) is -1.94. The average Bonchev–Trinajstić information content (AvgIpc) is 2.41. The Hall–Kier alpha value is -1.71. The van der Waals surface area contributed by atoms with Gasteiger partial charge in [-0.3, -0.25) is 9.59 Å². The molecular formula is C10H7FO3. The largest absolute Gasteiger partial charge is 0.481 e. The fourth-order valence-electron chi connectivity index (χ4n) is 1.71. The highest BCUT2D eigenvalue weighted by molar-refractivity contribution is 6.09. The van der Waals surface area contributed by atoms with Gasteiger partial charge in [0.2, 0.25) is 0 Å². The second-order valence-electron chi connectivity index (χ2n) is 3.17. The Kier molecular flexibility index (Phi) is 1.84. The third-order valence-electron chi connectivity index (χ3n) is 2.37. The van der Waals surface area contributed by atoms with Gasteiger partial charge in [0.1, 0.15) is 5.92 Å². The van der Waals surface area contributed by atoms with Crippen molar-refractivity contribution < 1.29 is 19.1 Å². The molecule has 2 unspecified atom stereocenters. The Morgan fingerprint density at radius 3 is 2.64 bits per heavy atom. The Morgan fingerprint density at radius 1 is 1.36 bits per heavy atom. The third kappa shape index (κ3) is 1.04. The van der Waals surface area contributed by atoms with Crippen LogP contribution in [0.25, 0.3) is 0 Å². The fourth-order valence-corrected chi connectivity index (χ4v) is 1.71. The maximum absolute atomic E-state index is 13.3. The predicted octanol–water partition coefficient (Wildman–Crippen LogP) is 1.39. The SMILES string of the molecule is O=C1c2ccccc2C(C(=O)O)C1F. The van der Waals surface area contributed by atoms with Crippen LogP contribution in [-0.4, -0.2) is 23.0 Å². The molecule has 72 valence electrons. The minimum Gasteiger partial charge on any atom is -0.481 e. The number of carbonyl (C=O) groups is 2. The second kappa shape index (κ2) is 2.90. The zero-order valence-electron chi connectivity index (χ0n) is 7.11. The summed E-state index contributed by atoms with van der Waals surface area (Å²) in [7, 11) is 0. The number of aliphatic carboxylic acids is 1. The number of carbonyl (C=O) groups excluding carboxylic acids is 1. The molecule has 0 radical (unpaired) electrons. The van der Waals surface area contributed by atoms with E-state index in [4.69, 9.17) is 5.11 Å². The van der Waals surface area contributed by atoms with E-state index in [-0.39, 0.29) is 11.1 Å². The van der Waals surface area contributed by atoms with E-state index in [0.717, 1.165) is 0 Å². The molecule has 1 N–H and O–H groups in total. The molecule has 14 heavy (non-hydrogen) atoms. The minimum atomic E-state index is -1.94. The van der Waals surface area contributed by atoms with E-state index in [0.29, 0.717) is 0 Å². The third-order valence-corrected chi connectivity index (χ3v) is 2.37. The summed E-state index contributed by atoms with van der Waals surface area (Å²) in [5, 5.41) is 8.76. The number of hydrogen-bond acceptors (Lipinski definition) is 2. The summed E-state index contributed by atoms with van der Waals surface area (Å²) in [4.78, 5) is 22.0. The van der Waals surface area contributed by atoms with Gasteiger partial charge in [0, 0.05) is 5.56 Å². The summed E-state index contributed by atoms with van der Waals surface area (Å²) < 4.78 is 13.3. The summed E-state index contributed by atoms with van der Waals surface area (Å²) in [5.41, 5.74) is 0.463. The Labute approximate surface area is 79.2 Å². The van der Waals surface area contributed by atoms with Gasteiger partial charge in [-0.25, -0.2) is 4.39 Å². The molecule has 2 rings (SSSR count). The zero-order valence-corrected chi connectivity index (χ0v) is 7.11. The first-order chi connectivity index (χ1) is 6.63. The highest BCUT2D eigenvalue weighted by atomic mass is 19.1. The van der Waals surface area contributed by atoms with Gasteiger partial charge < -0.3 is 5.11 Å². The van der Waals surface area contributed by atoms with Gasteiger partial charge in [-0.1, -0.05) is 24.3 Å². The predicted molar refractivity (Wildman–Crippen MR) is 46.0 cm³/mol. The van der Waals surface area contributed by atoms with Crippen molar-refractivity contribution in [2.24, 2.45) is 0 Å². The van der Waals surface area contributed by atoms with E-state index in [1.54, 1.807) is 12.1 Å². The molecule has 2 atom stereocenters. The minimum absolute atomic E-state index is 0.187. The molecule has 0 aromatic heterocycles. The van der Waals surface area contributed by atoms with Crippen molar-refractivity contribution in [1.29, 1.82) is 0 Å². The standard InChI is InChI=1S/C10H7FO3/c11-8-7(10(13)14)5-3-1-2-4-6(5)9(8)12/h1-4,7-8H,(H,13,14). The van der Waals surface area contributed by atoms with Gasteiger partial charge in [0.05, 0.1) is 0 Å². The molecule has 0 fully saturated rings. The summed E-state index contributed by atoms with van der Waals surface area (Å²) >= 11 is 0. The van der Waals surface area contributed by atoms with Crippen molar-refractivity contribution in [3.8, 4) is 0 Å². The van der Waals surface area contributed by atoms with Gasteiger partial charge >= 0.3 is 5.97 Å². The van der Waals surface area contributed by atoms with E-state index in [2.05, 4.69) is 0 Å². The number of rotatable bonds is 1.